The van der Waals surface area contributed by atoms with E-state index in [4.69, 9.17) is 5.11 Å². The highest BCUT2D eigenvalue weighted by molar-refractivity contribution is 8.00. The number of nitrogens with zero attached hydrogens (tertiary/aromatic N) is 1. The predicted molar refractivity (Wildman–Crippen MR) is 106 cm³/mol. The highest BCUT2D eigenvalue weighted by Gasteiger charge is 2.72. The number of amides is 2. The van der Waals surface area contributed by atoms with Gasteiger partial charge >= 0.3 is 10.8 Å². The molecule has 2 aliphatic heterocycles. The summed E-state index contributed by atoms with van der Waals surface area (Å²) < 4.78 is 0. The molecular formula is C20H22N2O5S2. The fourth-order valence-electron chi connectivity index (χ4n) is 7.43. The molecule has 1 aromatic rings. The smallest absolute Gasteiger partial charge is 0.323 e. The summed E-state index contributed by atoms with van der Waals surface area (Å²) in [6, 6.07) is 0. The number of carboxylic acids is 1. The van der Waals surface area contributed by atoms with Crippen LogP contribution in [0.5, 0.6) is 0 Å². The van der Waals surface area contributed by atoms with E-state index in [1.165, 1.54) is 22.6 Å². The number of carboxylic acid groups (broad SMARTS) is 1. The first-order valence-electron chi connectivity index (χ1n) is 10.4. The number of carbonyl (C=O) groups is 3. The Balaban J connectivity index is 1.45. The number of thioether (sulfide) groups is 1. The SMILES string of the molecule is O=C(O)CN1C(=O)[C@@H]2[C@@H]3C[C@@H]([C@H]2C1=O)[C@@H]1[C@H]3Sc2[nH]c(=O)sc2C12CCCCC2. The van der Waals surface area contributed by atoms with Gasteiger partial charge in [-0.15, -0.1) is 11.8 Å². The Kier molecular flexibility index (Phi) is 3.74. The molecule has 0 unspecified atom stereocenters. The minimum atomic E-state index is -1.14. The second-order valence-corrected chi connectivity index (χ2v) is 11.4. The van der Waals surface area contributed by atoms with Crippen LogP contribution < -0.4 is 4.87 Å². The molecule has 6 rings (SSSR count). The van der Waals surface area contributed by atoms with Crippen LogP contribution in [0.3, 0.4) is 0 Å². The Morgan fingerprint density at radius 3 is 2.48 bits per heavy atom. The van der Waals surface area contributed by atoms with Gasteiger partial charge in [-0.1, -0.05) is 30.6 Å². The van der Waals surface area contributed by atoms with Gasteiger partial charge in [0.05, 0.1) is 16.9 Å². The van der Waals surface area contributed by atoms with Gasteiger partial charge in [-0.3, -0.25) is 24.1 Å². The number of aromatic amines is 1. The van der Waals surface area contributed by atoms with Crippen molar-refractivity contribution in [3.05, 3.63) is 14.5 Å². The molecule has 2 amide bonds. The van der Waals surface area contributed by atoms with Crippen LogP contribution in [0.25, 0.3) is 0 Å². The van der Waals surface area contributed by atoms with E-state index < -0.39 is 12.5 Å². The zero-order valence-electron chi connectivity index (χ0n) is 15.8. The van der Waals surface area contributed by atoms with E-state index in [0.717, 1.165) is 42.0 Å². The number of rotatable bonds is 2. The van der Waals surface area contributed by atoms with E-state index in [9.17, 15) is 19.2 Å². The Hall–Kier alpha value is -1.61. The minimum Gasteiger partial charge on any atom is -0.480 e. The average molecular weight is 435 g/mol. The predicted octanol–water partition coefficient (Wildman–Crippen LogP) is 2.06. The maximum Gasteiger partial charge on any atom is 0.323 e. The summed E-state index contributed by atoms with van der Waals surface area (Å²) in [4.78, 5) is 54.7. The fourth-order valence-corrected chi connectivity index (χ4v) is 10.6. The molecule has 1 spiro atoms. The molecule has 0 radical (unpaired) electrons. The first kappa shape index (κ1) is 18.2. The molecule has 9 heteroatoms. The van der Waals surface area contributed by atoms with Crippen LogP contribution in [0.2, 0.25) is 0 Å². The molecule has 7 nitrogen and oxygen atoms in total. The van der Waals surface area contributed by atoms with E-state index >= 15 is 0 Å². The Morgan fingerprint density at radius 1 is 1.10 bits per heavy atom. The van der Waals surface area contributed by atoms with Crippen molar-refractivity contribution in [1.29, 1.82) is 0 Å². The van der Waals surface area contributed by atoms with Crippen LogP contribution in [0.1, 0.15) is 43.4 Å². The van der Waals surface area contributed by atoms with Crippen molar-refractivity contribution in [2.24, 2.45) is 29.6 Å². The van der Waals surface area contributed by atoms with E-state index in [0.29, 0.717) is 5.92 Å². The molecule has 3 saturated carbocycles. The van der Waals surface area contributed by atoms with E-state index in [1.807, 2.05) is 0 Å². The third-order valence-corrected chi connectivity index (χ3v) is 10.9. The van der Waals surface area contributed by atoms with Crippen LogP contribution in [0.4, 0.5) is 0 Å². The summed E-state index contributed by atoms with van der Waals surface area (Å²) in [5, 5.41) is 10.4. The quantitative estimate of drug-likeness (QED) is 0.690. The van der Waals surface area contributed by atoms with Gasteiger partial charge in [0.2, 0.25) is 11.8 Å². The Labute approximate surface area is 175 Å². The molecule has 1 aromatic heterocycles. The Bertz CT molecular complexity index is 993. The van der Waals surface area contributed by atoms with Crippen LogP contribution in [-0.2, 0) is 19.8 Å². The van der Waals surface area contributed by atoms with Crippen molar-refractivity contribution in [3.63, 3.8) is 0 Å². The van der Waals surface area contributed by atoms with E-state index in [1.54, 1.807) is 11.8 Å². The summed E-state index contributed by atoms with van der Waals surface area (Å²) in [6.45, 7) is -0.529. The summed E-state index contributed by atoms with van der Waals surface area (Å²) in [7, 11) is 0. The van der Waals surface area contributed by atoms with E-state index in [2.05, 4.69) is 4.98 Å². The first-order chi connectivity index (χ1) is 13.9. The minimum absolute atomic E-state index is 0.0141. The topological polar surface area (TPSA) is 108 Å². The number of hydrogen-bond donors (Lipinski definition) is 2. The second-order valence-electron chi connectivity index (χ2n) is 9.27. The van der Waals surface area contributed by atoms with Crippen molar-refractivity contribution in [1.82, 2.24) is 9.88 Å². The zero-order valence-corrected chi connectivity index (χ0v) is 17.4. The van der Waals surface area contributed by atoms with Gasteiger partial charge < -0.3 is 10.1 Å². The summed E-state index contributed by atoms with van der Waals surface area (Å²) in [6.07, 6.45) is 6.40. The number of nitrogens with one attached hydrogen (secondary N) is 1. The zero-order chi connectivity index (χ0) is 20.1. The number of aliphatic carboxylic acids is 1. The maximum absolute atomic E-state index is 13.1. The largest absolute Gasteiger partial charge is 0.480 e. The highest BCUT2D eigenvalue weighted by atomic mass is 32.2. The van der Waals surface area contributed by atoms with Crippen LogP contribution in [0.15, 0.2) is 9.82 Å². The molecule has 6 atom stereocenters. The lowest BCUT2D eigenvalue weighted by Crippen LogP contribution is -2.51. The van der Waals surface area contributed by atoms with Crippen LogP contribution >= 0.6 is 23.1 Å². The van der Waals surface area contributed by atoms with Gasteiger partial charge in [0.25, 0.3) is 0 Å². The summed E-state index contributed by atoms with van der Waals surface area (Å²) in [5.74, 6) is -1.98. The van der Waals surface area contributed by atoms with Crippen LogP contribution in [-0.4, -0.2) is 44.6 Å². The average Bonchev–Trinajstić information content (AvgIpc) is 3.41. The van der Waals surface area contributed by atoms with Crippen LogP contribution in [0, 0.1) is 29.6 Å². The number of likely N-dealkylation sites (tertiary alicyclic amines) is 1. The van der Waals surface area contributed by atoms with Gasteiger partial charge in [-0.05, 0) is 37.0 Å². The highest BCUT2D eigenvalue weighted by Crippen LogP contribution is 2.71. The lowest BCUT2D eigenvalue weighted by Gasteiger charge is -2.52. The van der Waals surface area contributed by atoms with Crippen molar-refractivity contribution in [3.8, 4) is 0 Å². The van der Waals surface area contributed by atoms with Crippen molar-refractivity contribution < 1.29 is 19.5 Å². The monoisotopic (exact) mass is 434 g/mol. The van der Waals surface area contributed by atoms with E-state index in [-0.39, 0.29) is 51.0 Å². The molecule has 154 valence electrons. The second kappa shape index (κ2) is 5.97. The number of thiazole rings is 1. The number of H-pyrrole nitrogens is 1. The molecule has 29 heavy (non-hydrogen) atoms. The number of hydrogen-bond acceptors (Lipinski definition) is 6. The maximum atomic E-state index is 13.1. The van der Waals surface area contributed by atoms with Gasteiger partial charge in [-0.2, -0.15) is 0 Å². The Morgan fingerprint density at radius 2 is 1.79 bits per heavy atom. The standard InChI is InChI=1S/C20H22N2O5S2/c23-10(24)7-22-17(25)11-8-6-9(12(11)18(22)26)14-13(8)20(4-2-1-3-5-20)15-16(28-14)21-19(27)29-15/h8-9,11-14H,1-7H2,(H,21,27)(H,23,24)/t8-,9-,11+,12+,13+,14-/m0/s1. The van der Waals surface area contributed by atoms with Gasteiger partial charge in [0.1, 0.15) is 6.54 Å². The van der Waals surface area contributed by atoms with Gasteiger partial charge in [0, 0.05) is 15.5 Å². The molecule has 2 bridgehead atoms. The van der Waals surface area contributed by atoms with Gasteiger partial charge in [0.15, 0.2) is 0 Å². The number of imide groups is 1. The third kappa shape index (κ3) is 2.20. The first-order valence-corrected chi connectivity index (χ1v) is 12.1. The molecule has 3 aliphatic carbocycles. The molecule has 1 saturated heterocycles. The fraction of sp³-hybridized carbons (Fsp3) is 0.700. The third-order valence-electron chi connectivity index (χ3n) is 8.19. The molecule has 4 fully saturated rings. The molecule has 5 aliphatic rings. The summed E-state index contributed by atoms with van der Waals surface area (Å²) in [5.41, 5.74) is -0.0682. The molecule has 0 aromatic carbocycles. The number of fused-ring (bicyclic) bond motifs is 11. The normalized spacial score (nSPS) is 39.0. The number of aromatic nitrogens is 1. The summed E-state index contributed by atoms with van der Waals surface area (Å²) >= 11 is 3.04. The van der Waals surface area contributed by atoms with Crippen molar-refractivity contribution in [2.75, 3.05) is 6.54 Å². The lowest BCUT2D eigenvalue weighted by atomic mass is 9.57. The van der Waals surface area contributed by atoms with Crippen molar-refractivity contribution >= 4 is 40.9 Å². The van der Waals surface area contributed by atoms with Gasteiger partial charge in [-0.25, -0.2) is 0 Å². The lowest BCUT2D eigenvalue weighted by molar-refractivity contribution is -0.150. The number of carbonyl (C=O) groups excluding carboxylic acids is 2. The molecule has 3 heterocycles. The van der Waals surface area contributed by atoms with Crippen molar-refractivity contribution in [2.45, 2.75) is 54.2 Å². The molecular weight excluding hydrogens is 412 g/mol. The molecule has 2 N–H and O–H groups in total.